The van der Waals surface area contributed by atoms with Gasteiger partial charge < -0.3 is 0 Å². The third-order valence-corrected chi connectivity index (χ3v) is 1.79. The van der Waals surface area contributed by atoms with E-state index >= 15 is 0 Å². The molecule has 0 aromatic rings. The summed E-state index contributed by atoms with van der Waals surface area (Å²) in [6.07, 6.45) is -3.57. The van der Waals surface area contributed by atoms with Crippen molar-refractivity contribution < 1.29 is 6.85 Å². The van der Waals surface area contributed by atoms with E-state index in [-0.39, 0.29) is 11.3 Å². The standard InChI is InChI=1S/C8H16ClN5/c1-4-6-12-7(9)14(10)8(13-6)11-5(2)3/h5,8,11H,4,10H2,1-3H3/i1D3,4D2. The summed E-state index contributed by atoms with van der Waals surface area (Å²) in [5.41, 5.74) is 0. The predicted molar refractivity (Wildman–Crippen MR) is 59.1 cm³/mol. The smallest absolute Gasteiger partial charge is 0.217 e. The Kier molecular flexibility index (Phi) is 2.04. The zero-order valence-corrected chi connectivity index (χ0v) is 8.71. The van der Waals surface area contributed by atoms with Crippen LogP contribution < -0.4 is 11.2 Å². The Morgan fingerprint density at radius 1 is 1.86 bits per heavy atom. The number of hydrogen-bond donors (Lipinski definition) is 2. The van der Waals surface area contributed by atoms with E-state index in [4.69, 9.17) is 24.3 Å². The highest BCUT2D eigenvalue weighted by atomic mass is 35.5. The number of nitrogens with one attached hydrogen (secondary N) is 1. The van der Waals surface area contributed by atoms with Gasteiger partial charge in [-0.05, 0) is 25.4 Å². The molecule has 0 saturated carbocycles. The molecule has 80 valence electrons. The largest absolute Gasteiger partial charge is 0.275 e. The highest BCUT2D eigenvalue weighted by Gasteiger charge is 2.22. The molecule has 1 rings (SSSR count). The highest BCUT2D eigenvalue weighted by Crippen LogP contribution is 2.08. The van der Waals surface area contributed by atoms with Gasteiger partial charge in [0.1, 0.15) is 5.84 Å². The van der Waals surface area contributed by atoms with Crippen LogP contribution in [0.2, 0.25) is 0 Å². The first-order chi connectivity index (χ1) is 8.46. The lowest BCUT2D eigenvalue weighted by molar-refractivity contribution is 0.261. The fourth-order valence-corrected chi connectivity index (χ4v) is 1.10. The second-order valence-corrected chi connectivity index (χ2v) is 3.40. The van der Waals surface area contributed by atoms with Crippen LogP contribution in [0.1, 0.15) is 33.9 Å². The van der Waals surface area contributed by atoms with Crippen molar-refractivity contribution >= 4 is 22.7 Å². The van der Waals surface area contributed by atoms with Crippen LogP contribution in [0.25, 0.3) is 0 Å². The number of aliphatic imine (C=N–C) groups is 2. The summed E-state index contributed by atoms with van der Waals surface area (Å²) in [6.45, 7) is 0.772. The molecule has 1 aliphatic rings. The Morgan fingerprint density at radius 3 is 3.14 bits per heavy atom. The molecule has 1 unspecified atom stereocenters. The van der Waals surface area contributed by atoms with Gasteiger partial charge in [0.2, 0.25) is 5.29 Å². The van der Waals surface area contributed by atoms with Gasteiger partial charge in [0.25, 0.3) is 0 Å². The summed E-state index contributed by atoms with van der Waals surface area (Å²) in [7, 11) is 0. The molecule has 0 bridgehead atoms. The first kappa shape index (κ1) is 6.05. The minimum Gasteiger partial charge on any atom is -0.275 e. The van der Waals surface area contributed by atoms with Crippen LogP contribution >= 0.6 is 11.6 Å². The molecule has 0 amide bonds. The molecule has 0 aliphatic carbocycles. The van der Waals surface area contributed by atoms with Gasteiger partial charge >= 0.3 is 0 Å². The van der Waals surface area contributed by atoms with Crippen molar-refractivity contribution in [1.82, 2.24) is 10.3 Å². The molecule has 1 heterocycles. The van der Waals surface area contributed by atoms with Crippen LogP contribution in [0.5, 0.6) is 0 Å². The molecule has 3 N–H and O–H groups in total. The number of amidine groups is 2. The van der Waals surface area contributed by atoms with Crippen LogP contribution in [0.15, 0.2) is 9.98 Å². The molecule has 0 aromatic heterocycles. The lowest BCUT2D eigenvalue weighted by Gasteiger charge is -2.29. The van der Waals surface area contributed by atoms with Gasteiger partial charge in [0, 0.05) is 19.3 Å². The minimum absolute atomic E-state index is 0.0118. The van der Waals surface area contributed by atoms with Crippen LogP contribution in [0.4, 0.5) is 0 Å². The molecule has 0 radical (unpaired) electrons. The molecule has 1 atom stereocenters. The first-order valence-corrected chi connectivity index (χ1v) is 4.47. The third kappa shape index (κ3) is 2.67. The second-order valence-electron chi connectivity index (χ2n) is 3.06. The van der Waals surface area contributed by atoms with Gasteiger partial charge in [-0.2, -0.15) is 0 Å². The molecule has 6 heteroatoms. The average molecular weight is 223 g/mol. The van der Waals surface area contributed by atoms with Crippen molar-refractivity contribution in [1.29, 1.82) is 0 Å². The van der Waals surface area contributed by atoms with Gasteiger partial charge in [-0.3, -0.25) is 5.32 Å². The summed E-state index contributed by atoms with van der Waals surface area (Å²) in [5, 5.41) is 3.69. The Bertz CT molecular complexity index is 405. The van der Waals surface area contributed by atoms with Gasteiger partial charge in [-0.25, -0.2) is 20.8 Å². The van der Waals surface area contributed by atoms with Gasteiger partial charge in [-0.15, -0.1) is 0 Å². The van der Waals surface area contributed by atoms with Crippen molar-refractivity contribution in [3.05, 3.63) is 0 Å². The highest BCUT2D eigenvalue weighted by molar-refractivity contribution is 6.65. The number of nitrogens with zero attached hydrogens (tertiary/aromatic N) is 3. The molecular formula is C8H16ClN5. The number of hydrogen-bond acceptors (Lipinski definition) is 5. The molecule has 1 aliphatic heterocycles. The number of rotatable bonds is 3. The Balaban J connectivity index is 3.13. The van der Waals surface area contributed by atoms with E-state index in [2.05, 4.69) is 15.3 Å². The molecule has 5 nitrogen and oxygen atoms in total. The quantitative estimate of drug-likeness (QED) is 0.550. The van der Waals surface area contributed by atoms with Crippen LogP contribution in [-0.4, -0.2) is 28.5 Å². The molecule has 14 heavy (non-hydrogen) atoms. The zero-order valence-electron chi connectivity index (χ0n) is 13.0. The molecule has 0 fully saturated rings. The predicted octanol–water partition coefficient (Wildman–Crippen LogP) is 0.861. The summed E-state index contributed by atoms with van der Waals surface area (Å²) in [6, 6.07) is -0.0118. The van der Waals surface area contributed by atoms with Crippen LogP contribution in [0.3, 0.4) is 0 Å². The topological polar surface area (TPSA) is 66.0 Å². The Hall–Kier alpha value is -0.650. The molecule has 0 saturated heterocycles. The second kappa shape index (κ2) is 4.72. The van der Waals surface area contributed by atoms with Gasteiger partial charge in [-0.1, -0.05) is 6.85 Å². The van der Waals surface area contributed by atoms with E-state index in [1.54, 1.807) is 0 Å². The van der Waals surface area contributed by atoms with Gasteiger partial charge in [0.05, 0.1) is 0 Å². The van der Waals surface area contributed by atoms with Crippen LogP contribution in [-0.2, 0) is 0 Å². The Morgan fingerprint density at radius 2 is 2.57 bits per heavy atom. The monoisotopic (exact) mass is 222 g/mol. The van der Waals surface area contributed by atoms with Crippen LogP contribution in [0, 0.1) is 0 Å². The SMILES string of the molecule is [2H]C([2H])([2H])C([2H])([2H])C1=NC(NC(C)C)N(N)C(Cl)=N1. The average Bonchev–Trinajstić information content (AvgIpc) is 2.21. The summed E-state index contributed by atoms with van der Waals surface area (Å²) in [5.74, 6) is 5.12. The Labute approximate surface area is 96.0 Å². The minimum atomic E-state index is -2.90. The van der Waals surface area contributed by atoms with E-state index in [0.717, 1.165) is 5.01 Å². The maximum Gasteiger partial charge on any atom is 0.217 e. The maximum absolute atomic E-state index is 7.62. The van der Waals surface area contributed by atoms with E-state index in [9.17, 15) is 0 Å². The van der Waals surface area contributed by atoms with E-state index in [0.29, 0.717) is 0 Å². The van der Waals surface area contributed by atoms with Crippen molar-refractivity contribution in [3.8, 4) is 0 Å². The fraction of sp³-hybridized carbons (Fsp3) is 0.750. The number of halogens is 1. The van der Waals surface area contributed by atoms with Gasteiger partial charge in [0.15, 0.2) is 6.29 Å². The van der Waals surface area contributed by atoms with Crippen molar-refractivity contribution in [2.75, 3.05) is 0 Å². The summed E-state index contributed by atoms with van der Waals surface area (Å²) >= 11 is 5.78. The molecule has 0 spiro atoms. The van der Waals surface area contributed by atoms with Crippen molar-refractivity contribution in [2.24, 2.45) is 15.8 Å². The third-order valence-electron chi connectivity index (χ3n) is 1.51. The fourth-order valence-electron chi connectivity index (χ4n) is 0.929. The molecule has 0 aromatic carbocycles. The van der Waals surface area contributed by atoms with Crippen molar-refractivity contribution in [3.63, 3.8) is 0 Å². The van der Waals surface area contributed by atoms with E-state index in [1.807, 2.05) is 13.8 Å². The summed E-state index contributed by atoms with van der Waals surface area (Å²) < 4.78 is 36.8. The van der Waals surface area contributed by atoms with E-state index < -0.39 is 25.4 Å². The lowest BCUT2D eigenvalue weighted by Crippen LogP contribution is -2.54. The number of nitrogens with two attached hydrogens (primary N) is 1. The summed E-state index contributed by atoms with van der Waals surface area (Å²) in [4.78, 5) is 7.51. The lowest BCUT2D eigenvalue weighted by atomic mass is 10.4. The van der Waals surface area contributed by atoms with Crippen molar-refractivity contribution in [2.45, 2.75) is 39.4 Å². The number of hydrazine groups is 1. The maximum atomic E-state index is 7.62. The molecular weight excluding hydrogens is 202 g/mol. The van der Waals surface area contributed by atoms with E-state index in [1.165, 1.54) is 0 Å². The first-order valence-electron chi connectivity index (χ1n) is 6.59. The zero-order chi connectivity index (χ0) is 15.0. The normalized spacial score (nSPS) is 29.6.